The predicted octanol–water partition coefficient (Wildman–Crippen LogP) is 1.65. The summed E-state index contributed by atoms with van der Waals surface area (Å²) in [5, 5.41) is 6.38. The van der Waals surface area contributed by atoms with Crippen LogP contribution in [0.2, 0.25) is 0 Å². The molecular weight excluding hydrogens is 226 g/mol. The molecule has 1 aliphatic rings. The van der Waals surface area contributed by atoms with E-state index in [1.165, 1.54) is 0 Å². The maximum Gasteiger partial charge on any atom is 0.227 e. The molecule has 4 nitrogen and oxygen atoms in total. The standard InChI is InChI=1S/C14H21N3O/c1-11(12-5-3-7-15-9-12)17-13(18)14(2)6-4-8-16-10-14/h3,5,7,9,11,16H,4,6,8,10H2,1-2H3,(H,17,18). The van der Waals surface area contributed by atoms with Crippen molar-refractivity contribution >= 4 is 5.91 Å². The number of nitrogens with zero attached hydrogens (tertiary/aromatic N) is 1. The lowest BCUT2D eigenvalue weighted by molar-refractivity contribution is -0.131. The van der Waals surface area contributed by atoms with Crippen LogP contribution in [0.15, 0.2) is 24.5 Å². The van der Waals surface area contributed by atoms with Crippen LogP contribution >= 0.6 is 0 Å². The van der Waals surface area contributed by atoms with Crippen LogP contribution in [0.25, 0.3) is 0 Å². The molecule has 0 aromatic carbocycles. The van der Waals surface area contributed by atoms with Crippen molar-refractivity contribution in [2.24, 2.45) is 5.41 Å². The molecule has 0 aliphatic carbocycles. The van der Waals surface area contributed by atoms with E-state index in [1.54, 1.807) is 12.4 Å². The van der Waals surface area contributed by atoms with Crippen LogP contribution in [-0.4, -0.2) is 24.0 Å². The second-order valence-electron chi connectivity index (χ2n) is 5.32. The van der Waals surface area contributed by atoms with Crippen LogP contribution in [-0.2, 0) is 4.79 Å². The Bertz CT molecular complexity index is 399. The second kappa shape index (κ2) is 5.48. The fraction of sp³-hybridized carbons (Fsp3) is 0.571. The van der Waals surface area contributed by atoms with Gasteiger partial charge in [-0.1, -0.05) is 6.07 Å². The molecule has 1 fully saturated rings. The van der Waals surface area contributed by atoms with Gasteiger partial charge < -0.3 is 10.6 Å². The van der Waals surface area contributed by atoms with Gasteiger partial charge >= 0.3 is 0 Å². The molecule has 1 saturated heterocycles. The SMILES string of the molecule is CC(NC(=O)C1(C)CCCNC1)c1cccnc1. The molecule has 2 heterocycles. The van der Waals surface area contributed by atoms with E-state index in [0.717, 1.165) is 31.5 Å². The van der Waals surface area contributed by atoms with Crippen molar-refractivity contribution in [1.82, 2.24) is 15.6 Å². The Hall–Kier alpha value is -1.42. The minimum atomic E-state index is -0.283. The minimum absolute atomic E-state index is 0.00458. The fourth-order valence-electron chi connectivity index (χ4n) is 2.34. The van der Waals surface area contributed by atoms with Gasteiger partial charge in [0.05, 0.1) is 11.5 Å². The van der Waals surface area contributed by atoms with Gasteiger partial charge in [0.25, 0.3) is 0 Å². The Labute approximate surface area is 108 Å². The Balaban J connectivity index is 1.98. The normalized spacial score (nSPS) is 25.4. The molecule has 0 spiro atoms. The van der Waals surface area contributed by atoms with E-state index >= 15 is 0 Å². The predicted molar refractivity (Wildman–Crippen MR) is 71.0 cm³/mol. The molecule has 2 N–H and O–H groups in total. The van der Waals surface area contributed by atoms with Gasteiger partial charge in [0.1, 0.15) is 0 Å². The Morgan fingerprint density at radius 3 is 3.06 bits per heavy atom. The lowest BCUT2D eigenvalue weighted by atomic mass is 9.81. The maximum absolute atomic E-state index is 12.3. The number of piperidine rings is 1. The zero-order valence-corrected chi connectivity index (χ0v) is 11.1. The van der Waals surface area contributed by atoms with Crippen LogP contribution in [0.1, 0.15) is 38.3 Å². The minimum Gasteiger partial charge on any atom is -0.349 e. The number of pyridine rings is 1. The molecule has 18 heavy (non-hydrogen) atoms. The summed E-state index contributed by atoms with van der Waals surface area (Å²) < 4.78 is 0. The van der Waals surface area contributed by atoms with Crippen molar-refractivity contribution in [2.45, 2.75) is 32.7 Å². The third-order valence-electron chi connectivity index (χ3n) is 3.68. The van der Waals surface area contributed by atoms with Crippen molar-refractivity contribution in [1.29, 1.82) is 0 Å². The van der Waals surface area contributed by atoms with E-state index in [-0.39, 0.29) is 17.4 Å². The van der Waals surface area contributed by atoms with E-state index < -0.39 is 0 Å². The highest BCUT2D eigenvalue weighted by Gasteiger charge is 2.35. The van der Waals surface area contributed by atoms with E-state index in [0.29, 0.717) is 0 Å². The van der Waals surface area contributed by atoms with E-state index in [9.17, 15) is 4.79 Å². The first kappa shape index (κ1) is 13.0. The quantitative estimate of drug-likeness (QED) is 0.854. The monoisotopic (exact) mass is 247 g/mol. The van der Waals surface area contributed by atoms with Gasteiger partial charge in [0.2, 0.25) is 5.91 Å². The summed E-state index contributed by atoms with van der Waals surface area (Å²) >= 11 is 0. The number of carbonyl (C=O) groups excluding carboxylic acids is 1. The van der Waals surface area contributed by atoms with Gasteiger partial charge in [0.15, 0.2) is 0 Å². The van der Waals surface area contributed by atoms with Crippen molar-refractivity contribution < 1.29 is 4.79 Å². The molecule has 1 amide bonds. The van der Waals surface area contributed by atoms with Gasteiger partial charge in [-0.15, -0.1) is 0 Å². The van der Waals surface area contributed by atoms with Gasteiger partial charge in [-0.2, -0.15) is 0 Å². The number of nitrogens with one attached hydrogen (secondary N) is 2. The molecule has 2 atom stereocenters. The summed E-state index contributed by atoms with van der Waals surface area (Å²) in [5.41, 5.74) is 0.757. The molecule has 0 radical (unpaired) electrons. The fourth-order valence-corrected chi connectivity index (χ4v) is 2.34. The lowest BCUT2D eigenvalue weighted by Gasteiger charge is -2.33. The number of hydrogen-bond acceptors (Lipinski definition) is 3. The Morgan fingerprint density at radius 1 is 1.61 bits per heavy atom. The lowest BCUT2D eigenvalue weighted by Crippen LogP contribution is -2.49. The number of aromatic nitrogens is 1. The summed E-state index contributed by atoms with van der Waals surface area (Å²) in [6.07, 6.45) is 5.55. The molecule has 1 aromatic rings. The van der Waals surface area contributed by atoms with E-state index in [1.807, 2.05) is 26.0 Å². The molecule has 2 unspecified atom stereocenters. The smallest absolute Gasteiger partial charge is 0.227 e. The Kier molecular flexibility index (Phi) is 3.97. The van der Waals surface area contributed by atoms with Crippen LogP contribution in [0.4, 0.5) is 0 Å². The largest absolute Gasteiger partial charge is 0.349 e. The average molecular weight is 247 g/mol. The van der Waals surface area contributed by atoms with Gasteiger partial charge in [-0.25, -0.2) is 0 Å². The highest BCUT2D eigenvalue weighted by molar-refractivity contribution is 5.83. The highest BCUT2D eigenvalue weighted by Crippen LogP contribution is 2.26. The van der Waals surface area contributed by atoms with Crippen LogP contribution < -0.4 is 10.6 Å². The molecule has 2 rings (SSSR count). The van der Waals surface area contributed by atoms with Crippen LogP contribution in [0.3, 0.4) is 0 Å². The molecule has 0 bridgehead atoms. The maximum atomic E-state index is 12.3. The Morgan fingerprint density at radius 2 is 2.44 bits per heavy atom. The van der Waals surface area contributed by atoms with Gasteiger partial charge in [-0.05, 0) is 44.9 Å². The first-order valence-corrected chi connectivity index (χ1v) is 6.53. The zero-order valence-electron chi connectivity index (χ0n) is 11.1. The summed E-state index contributed by atoms with van der Waals surface area (Å²) in [6, 6.07) is 3.88. The number of carbonyl (C=O) groups is 1. The first-order valence-electron chi connectivity index (χ1n) is 6.53. The number of hydrogen-bond donors (Lipinski definition) is 2. The first-order chi connectivity index (χ1) is 8.62. The van der Waals surface area contributed by atoms with Crippen molar-refractivity contribution in [3.8, 4) is 0 Å². The summed E-state index contributed by atoms with van der Waals surface area (Å²) in [7, 11) is 0. The highest BCUT2D eigenvalue weighted by atomic mass is 16.2. The summed E-state index contributed by atoms with van der Waals surface area (Å²) in [4.78, 5) is 16.4. The van der Waals surface area contributed by atoms with Crippen molar-refractivity contribution in [3.05, 3.63) is 30.1 Å². The van der Waals surface area contributed by atoms with Gasteiger partial charge in [0, 0.05) is 18.9 Å². The molecule has 1 aliphatic heterocycles. The van der Waals surface area contributed by atoms with Crippen LogP contribution in [0, 0.1) is 5.41 Å². The molecule has 4 heteroatoms. The topological polar surface area (TPSA) is 54.0 Å². The number of amides is 1. The molecular formula is C14H21N3O. The van der Waals surface area contributed by atoms with Gasteiger partial charge in [-0.3, -0.25) is 9.78 Å². The third kappa shape index (κ3) is 2.88. The number of rotatable bonds is 3. The molecule has 98 valence electrons. The van der Waals surface area contributed by atoms with E-state index in [2.05, 4.69) is 15.6 Å². The third-order valence-corrected chi connectivity index (χ3v) is 3.68. The zero-order chi connectivity index (χ0) is 13.0. The molecule has 0 saturated carbocycles. The average Bonchev–Trinajstić information content (AvgIpc) is 2.40. The van der Waals surface area contributed by atoms with Crippen molar-refractivity contribution in [3.63, 3.8) is 0 Å². The summed E-state index contributed by atoms with van der Waals surface area (Å²) in [5.74, 6) is 0.131. The molecule has 1 aromatic heterocycles. The van der Waals surface area contributed by atoms with Crippen LogP contribution in [0.5, 0.6) is 0 Å². The second-order valence-corrected chi connectivity index (χ2v) is 5.32. The summed E-state index contributed by atoms with van der Waals surface area (Å²) in [6.45, 7) is 5.80. The van der Waals surface area contributed by atoms with E-state index in [4.69, 9.17) is 0 Å². The van der Waals surface area contributed by atoms with Crippen molar-refractivity contribution in [2.75, 3.05) is 13.1 Å².